The van der Waals surface area contributed by atoms with E-state index in [0.717, 1.165) is 93.5 Å². The number of hydrogen-bond acceptors (Lipinski definition) is 5. The predicted molar refractivity (Wildman–Crippen MR) is 159 cm³/mol. The smallest absolute Gasteiger partial charge is 0.306 e. The number of carbonyl (C=O) groups excluding carboxylic acids is 1. The van der Waals surface area contributed by atoms with Gasteiger partial charge in [-0.25, -0.2) is 0 Å². The van der Waals surface area contributed by atoms with Crippen LogP contribution in [0.1, 0.15) is 127 Å². The van der Waals surface area contributed by atoms with Crippen LogP contribution in [0.5, 0.6) is 11.5 Å². The van der Waals surface area contributed by atoms with Gasteiger partial charge in [-0.2, -0.15) is 0 Å². The predicted octanol–water partition coefficient (Wildman–Crippen LogP) is 7.75. The second-order valence-corrected chi connectivity index (χ2v) is 15.3. The minimum absolute atomic E-state index is 0.0379. The molecule has 41 heavy (non-hydrogen) atoms. The Morgan fingerprint density at radius 2 is 1.66 bits per heavy atom. The van der Waals surface area contributed by atoms with Crippen molar-refractivity contribution >= 4 is 5.97 Å². The van der Waals surface area contributed by atoms with Gasteiger partial charge in [0.15, 0.2) is 11.5 Å². The van der Waals surface area contributed by atoms with Gasteiger partial charge in [-0.3, -0.25) is 4.79 Å². The first kappa shape index (κ1) is 28.0. The molecule has 1 aromatic rings. The summed E-state index contributed by atoms with van der Waals surface area (Å²) < 4.78 is 18.3. The summed E-state index contributed by atoms with van der Waals surface area (Å²) in [6.45, 7) is 3.02. The van der Waals surface area contributed by atoms with Crippen molar-refractivity contribution in [3.8, 4) is 11.5 Å². The maximum atomic E-state index is 12.7. The van der Waals surface area contributed by atoms with E-state index in [-0.39, 0.29) is 23.1 Å². The molecular weight excluding hydrogens is 512 g/mol. The van der Waals surface area contributed by atoms with Gasteiger partial charge in [-0.1, -0.05) is 19.8 Å². The number of unbranched alkanes of at least 4 members (excludes halogenated alkanes) is 3. The Labute approximate surface area is 247 Å². The second-order valence-electron chi connectivity index (χ2n) is 15.3. The summed E-state index contributed by atoms with van der Waals surface area (Å²) in [6.07, 6.45) is 18.7. The topological polar surface area (TPSA) is 65.0 Å². The van der Waals surface area contributed by atoms with E-state index in [1.165, 1.54) is 49.7 Å². The van der Waals surface area contributed by atoms with E-state index in [4.69, 9.17) is 14.2 Å². The van der Waals surface area contributed by atoms with Crippen LogP contribution in [0.3, 0.4) is 0 Å². The van der Waals surface area contributed by atoms with Gasteiger partial charge < -0.3 is 19.3 Å². The summed E-state index contributed by atoms with van der Waals surface area (Å²) >= 11 is 0. The molecule has 8 rings (SSSR count). The molecular formula is C36H52O5. The molecule has 0 amide bonds. The Morgan fingerprint density at radius 3 is 2.39 bits per heavy atom. The number of ether oxygens (including phenoxy) is 3. The minimum atomic E-state index is -0.125. The fourth-order valence-electron chi connectivity index (χ4n) is 11.2. The van der Waals surface area contributed by atoms with E-state index < -0.39 is 0 Å². The van der Waals surface area contributed by atoms with Crippen LogP contribution in [-0.2, 0) is 16.0 Å². The first-order chi connectivity index (χ1) is 19.9. The zero-order valence-corrected chi connectivity index (χ0v) is 25.5. The van der Waals surface area contributed by atoms with Crippen molar-refractivity contribution in [2.45, 2.75) is 134 Å². The highest BCUT2D eigenvalue weighted by Crippen LogP contribution is 2.61. The number of benzene rings is 1. The van der Waals surface area contributed by atoms with Crippen LogP contribution in [-0.4, -0.2) is 36.5 Å². The average Bonchev–Trinajstić information content (AvgIpc) is 3.25. The highest BCUT2D eigenvalue weighted by molar-refractivity contribution is 5.70. The van der Waals surface area contributed by atoms with Crippen LogP contribution in [0, 0.1) is 35.0 Å². The Bertz CT molecular complexity index is 1090. The summed E-state index contributed by atoms with van der Waals surface area (Å²) in [7, 11) is 1.75. The SMILES string of the molecule is COc1cc2c(cc1OCCCCCCC(=O)OC13CC4CC(CC(C4)C1)C3)CC[C@@H]1[C@@H]2CC[C@]2(C)[C@@H](O)CC[C@@H]12. The van der Waals surface area contributed by atoms with Crippen molar-refractivity contribution < 1.29 is 24.1 Å². The number of aryl methyl sites for hydroxylation is 1. The van der Waals surface area contributed by atoms with Crippen molar-refractivity contribution in [2.75, 3.05) is 13.7 Å². The molecule has 226 valence electrons. The molecule has 5 nitrogen and oxygen atoms in total. The maximum absolute atomic E-state index is 12.7. The fraction of sp³-hybridized carbons (Fsp3) is 0.806. The minimum Gasteiger partial charge on any atom is -0.493 e. The molecule has 7 aliphatic carbocycles. The van der Waals surface area contributed by atoms with Crippen molar-refractivity contribution in [1.29, 1.82) is 0 Å². The third-order valence-electron chi connectivity index (χ3n) is 12.8. The number of rotatable bonds is 10. The van der Waals surface area contributed by atoms with Gasteiger partial charge in [0.2, 0.25) is 0 Å². The molecule has 0 saturated heterocycles. The molecule has 1 aromatic carbocycles. The number of aliphatic hydroxyl groups is 1. The zero-order valence-electron chi connectivity index (χ0n) is 25.5. The third kappa shape index (κ3) is 5.21. The van der Waals surface area contributed by atoms with Crippen LogP contribution < -0.4 is 9.47 Å². The summed E-state index contributed by atoms with van der Waals surface area (Å²) in [6, 6.07) is 4.52. The average molecular weight is 565 g/mol. The normalized spacial score (nSPS) is 40.0. The van der Waals surface area contributed by atoms with Crippen molar-refractivity contribution in [2.24, 2.45) is 35.0 Å². The Balaban J connectivity index is 0.863. The molecule has 7 aliphatic rings. The Morgan fingerprint density at radius 1 is 0.927 bits per heavy atom. The van der Waals surface area contributed by atoms with Gasteiger partial charge in [-0.15, -0.1) is 0 Å². The molecule has 4 bridgehead atoms. The summed E-state index contributed by atoms with van der Waals surface area (Å²) in [5.74, 6) is 6.11. The zero-order chi connectivity index (χ0) is 28.2. The maximum Gasteiger partial charge on any atom is 0.306 e. The van der Waals surface area contributed by atoms with Gasteiger partial charge in [-0.05, 0) is 154 Å². The second kappa shape index (κ2) is 11.1. The lowest BCUT2D eigenvalue weighted by atomic mass is 9.54. The number of hydrogen-bond donors (Lipinski definition) is 1. The summed E-state index contributed by atoms with van der Waals surface area (Å²) in [5, 5.41) is 10.7. The van der Waals surface area contributed by atoms with Gasteiger partial charge in [0.25, 0.3) is 0 Å². The number of carbonyl (C=O) groups is 1. The van der Waals surface area contributed by atoms with Gasteiger partial charge >= 0.3 is 5.97 Å². The van der Waals surface area contributed by atoms with Crippen LogP contribution in [0.25, 0.3) is 0 Å². The molecule has 0 unspecified atom stereocenters. The highest BCUT2D eigenvalue weighted by Gasteiger charge is 2.55. The number of methoxy groups -OCH3 is 1. The fourth-order valence-corrected chi connectivity index (χ4v) is 11.2. The number of fused-ring (bicyclic) bond motifs is 5. The monoisotopic (exact) mass is 564 g/mol. The summed E-state index contributed by atoms with van der Waals surface area (Å²) in [5.41, 5.74) is 2.90. The lowest BCUT2D eigenvalue weighted by Crippen LogP contribution is -2.52. The Hall–Kier alpha value is -1.75. The molecule has 6 fully saturated rings. The van der Waals surface area contributed by atoms with Crippen LogP contribution in [0.2, 0.25) is 0 Å². The largest absolute Gasteiger partial charge is 0.493 e. The Kier molecular flexibility index (Phi) is 7.57. The quantitative estimate of drug-likeness (QED) is 0.232. The number of aliphatic hydroxyl groups excluding tert-OH is 1. The van der Waals surface area contributed by atoms with Crippen molar-refractivity contribution in [3.63, 3.8) is 0 Å². The molecule has 1 N–H and O–H groups in total. The van der Waals surface area contributed by atoms with E-state index >= 15 is 0 Å². The lowest BCUT2D eigenvalue weighted by Gasteiger charge is -2.55. The van der Waals surface area contributed by atoms with E-state index in [2.05, 4.69) is 19.1 Å². The summed E-state index contributed by atoms with van der Waals surface area (Å²) in [4.78, 5) is 12.7. The van der Waals surface area contributed by atoms with Crippen LogP contribution in [0.4, 0.5) is 0 Å². The van der Waals surface area contributed by atoms with Crippen molar-refractivity contribution in [1.82, 2.24) is 0 Å². The molecule has 5 atom stereocenters. The number of esters is 1. The first-order valence-electron chi connectivity index (χ1n) is 17.1. The van der Waals surface area contributed by atoms with Gasteiger partial charge in [0, 0.05) is 6.42 Å². The highest BCUT2D eigenvalue weighted by atomic mass is 16.6. The molecule has 0 heterocycles. The first-order valence-corrected chi connectivity index (χ1v) is 17.1. The van der Waals surface area contributed by atoms with Crippen LogP contribution in [0.15, 0.2) is 12.1 Å². The van der Waals surface area contributed by atoms with E-state index in [0.29, 0.717) is 30.8 Å². The molecule has 6 saturated carbocycles. The van der Waals surface area contributed by atoms with E-state index in [1.54, 1.807) is 7.11 Å². The molecule has 0 spiro atoms. The van der Waals surface area contributed by atoms with Gasteiger partial charge in [0.05, 0.1) is 19.8 Å². The lowest BCUT2D eigenvalue weighted by molar-refractivity contribution is -0.186. The molecule has 0 aromatic heterocycles. The van der Waals surface area contributed by atoms with E-state index in [9.17, 15) is 9.90 Å². The standard InChI is InChI=1S/C36H52O5/c1-35-13-12-27-28(30(35)10-11-33(35)37)9-8-26-18-32(31(39-2)19-29(26)27)40-14-6-4-3-5-7-34(38)41-36-20-23-15-24(21-36)17-25(16-23)22-36/h18-19,23-25,27-28,30,33,37H,3-17,20-22H2,1-2H3/t23?,24?,25?,27-,28+,30-,33-,35-,36?/m0/s1. The van der Waals surface area contributed by atoms with Gasteiger partial charge in [0.1, 0.15) is 5.60 Å². The van der Waals surface area contributed by atoms with Crippen LogP contribution >= 0.6 is 0 Å². The molecule has 0 aliphatic heterocycles. The molecule has 0 radical (unpaired) electrons. The molecule has 5 heteroatoms. The van der Waals surface area contributed by atoms with E-state index in [1.807, 2.05) is 0 Å². The third-order valence-corrected chi connectivity index (χ3v) is 12.8. The van der Waals surface area contributed by atoms with Crippen molar-refractivity contribution in [3.05, 3.63) is 23.3 Å².